The lowest BCUT2D eigenvalue weighted by atomic mass is 10.5. The van der Waals surface area contributed by atoms with E-state index in [0.717, 1.165) is 0 Å². The third-order valence-electron chi connectivity index (χ3n) is 0.803. The molecule has 0 fully saturated rings. The van der Waals surface area contributed by atoms with Crippen molar-refractivity contribution in [3.63, 3.8) is 0 Å². The number of pyridine rings is 1. The van der Waals surface area contributed by atoms with E-state index in [2.05, 4.69) is 15.9 Å². The minimum absolute atomic E-state index is 0.331. The van der Waals surface area contributed by atoms with Gasteiger partial charge in [0.2, 0.25) is 0 Å². The van der Waals surface area contributed by atoms with Gasteiger partial charge in [0.1, 0.15) is 6.20 Å². The van der Waals surface area contributed by atoms with Crippen molar-refractivity contribution < 1.29 is 9.84 Å². The molecule has 1 N–H and O–H groups in total. The van der Waals surface area contributed by atoms with Gasteiger partial charge >= 0.3 is 0 Å². The highest BCUT2D eigenvalue weighted by Gasteiger charge is 1.86. The van der Waals surface area contributed by atoms with Crippen LogP contribution in [0.25, 0.3) is 0 Å². The number of ether oxygens (including phenoxy) is 1. The van der Waals surface area contributed by atoms with Gasteiger partial charge in [0.05, 0.1) is 0 Å². The van der Waals surface area contributed by atoms with Gasteiger partial charge in [0, 0.05) is 6.20 Å². The van der Waals surface area contributed by atoms with Gasteiger partial charge in [-0.1, -0.05) is 0 Å². The van der Waals surface area contributed by atoms with E-state index in [-0.39, 0.29) is 6.79 Å². The van der Waals surface area contributed by atoms with Crippen molar-refractivity contribution >= 4 is 0 Å². The minimum Gasteiger partial charge on any atom is -0.465 e. The average Bonchev–Trinajstić information content (AvgIpc) is 1.91. The van der Waals surface area contributed by atoms with Gasteiger partial charge in [-0.15, -0.1) is 0 Å². The molecule has 47 valence electrons. The van der Waals surface area contributed by atoms with E-state index in [4.69, 9.17) is 5.11 Å². The van der Waals surface area contributed by atoms with E-state index in [9.17, 15) is 0 Å². The van der Waals surface area contributed by atoms with Crippen LogP contribution in [0, 0.1) is 6.20 Å². The fourth-order valence-corrected chi connectivity index (χ4v) is 0.462. The quantitative estimate of drug-likeness (QED) is 0.573. The Morgan fingerprint density at radius 3 is 3.22 bits per heavy atom. The van der Waals surface area contributed by atoms with E-state index >= 15 is 0 Å². The molecule has 3 heteroatoms. The molecule has 0 aromatic carbocycles. The summed E-state index contributed by atoms with van der Waals surface area (Å²) >= 11 is 0. The monoisotopic (exact) mass is 124 g/mol. The standard InChI is InChI=1S/C6H6NO2/c8-5-9-6-2-1-3-7-4-6/h1-3,8H,5H2. The third-order valence-corrected chi connectivity index (χ3v) is 0.803. The van der Waals surface area contributed by atoms with Crippen LogP contribution in [-0.2, 0) is 0 Å². The highest BCUT2D eigenvalue weighted by molar-refractivity contribution is 5.13. The highest BCUT2D eigenvalue weighted by atomic mass is 16.6. The van der Waals surface area contributed by atoms with Gasteiger partial charge in [0.15, 0.2) is 12.5 Å². The van der Waals surface area contributed by atoms with Crippen molar-refractivity contribution in [2.45, 2.75) is 0 Å². The van der Waals surface area contributed by atoms with Gasteiger partial charge in [0.25, 0.3) is 0 Å². The first-order chi connectivity index (χ1) is 4.43. The van der Waals surface area contributed by atoms with Crippen molar-refractivity contribution in [3.05, 3.63) is 24.5 Å². The van der Waals surface area contributed by atoms with Gasteiger partial charge in [-0.05, 0) is 12.1 Å². The van der Waals surface area contributed by atoms with Crippen molar-refractivity contribution in [2.24, 2.45) is 0 Å². The molecule has 0 aliphatic rings. The SMILES string of the molecule is OCOc1[c]nccc1. The van der Waals surface area contributed by atoms with Crippen molar-refractivity contribution in [3.8, 4) is 5.75 Å². The smallest absolute Gasteiger partial charge is 0.186 e. The minimum atomic E-state index is -0.331. The lowest BCUT2D eigenvalue weighted by Crippen LogP contribution is -1.94. The van der Waals surface area contributed by atoms with Crippen LogP contribution in [0.1, 0.15) is 0 Å². The van der Waals surface area contributed by atoms with Gasteiger partial charge in [-0.25, -0.2) is 0 Å². The van der Waals surface area contributed by atoms with E-state index in [0.29, 0.717) is 5.75 Å². The molecule has 0 unspecified atom stereocenters. The Balaban J connectivity index is 2.61. The Morgan fingerprint density at radius 2 is 2.67 bits per heavy atom. The Morgan fingerprint density at radius 1 is 1.78 bits per heavy atom. The van der Waals surface area contributed by atoms with Crippen LogP contribution in [0.4, 0.5) is 0 Å². The molecule has 0 saturated carbocycles. The van der Waals surface area contributed by atoms with Crippen LogP contribution in [0.15, 0.2) is 18.3 Å². The summed E-state index contributed by atoms with van der Waals surface area (Å²) < 4.78 is 4.64. The molecule has 0 aliphatic carbocycles. The molecule has 1 heterocycles. The fourth-order valence-electron chi connectivity index (χ4n) is 0.462. The second-order valence-corrected chi connectivity index (χ2v) is 1.39. The Labute approximate surface area is 52.9 Å². The number of hydrogen-bond acceptors (Lipinski definition) is 3. The topological polar surface area (TPSA) is 42.4 Å². The maximum Gasteiger partial charge on any atom is 0.186 e. The summed E-state index contributed by atoms with van der Waals surface area (Å²) in [6, 6.07) is 3.38. The Kier molecular flexibility index (Phi) is 2.04. The van der Waals surface area contributed by atoms with E-state index in [1.54, 1.807) is 18.3 Å². The number of rotatable bonds is 2. The zero-order valence-corrected chi connectivity index (χ0v) is 4.74. The van der Waals surface area contributed by atoms with Gasteiger partial charge < -0.3 is 9.84 Å². The zero-order chi connectivity index (χ0) is 6.53. The zero-order valence-electron chi connectivity index (χ0n) is 4.74. The van der Waals surface area contributed by atoms with Crippen LogP contribution < -0.4 is 4.74 Å². The molecule has 0 spiro atoms. The molecular formula is C6H6NO2. The van der Waals surface area contributed by atoms with Crippen molar-refractivity contribution in [1.29, 1.82) is 0 Å². The first-order valence-electron chi connectivity index (χ1n) is 2.50. The summed E-state index contributed by atoms with van der Waals surface area (Å²) in [5.74, 6) is 0.458. The molecule has 1 radical (unpaired) electrons. The van der Waals surface area contributed by atoms with Crippen molar-refractivity contribution in [2.75, 3.05) is 6.79 Å². The summed E-state index contributed by atoms with van der Waals surface area (Å²) in [4.78, 5) is 3.64. The molecular weight excluding hydrogens is 118 g/mol. The van der Waals surface area contributed by atoms with E-state index < -0.39 is 0 Å². The Bertz CT molecular complexity index is 164. The molecule has 1 aromatic rings. The average molecular weight is 124 g/mol. The fraction of sp³-hybridized carbons (Fsp3) is 0.167. The first kappa shape index (κ1) is 6.04. The van der Waals surface area contributed by atoms with Crippen LogP contribution >= 0.6 is 0 Å². The summed E-state index contributed by atoms with van der Waals surface area (Å²) in [7, 11) is 0. The van der Waals surface area contributed by atoms with Crippen LogP contribution in [-0.4, -0.2) is 16.9 Å². The molecule has 1 aromatic heterocycles. The molecule has 0 aliphatic heterocycles. The summed E-state index contributed by atoms with van der Waals surface area (Å²) in [5.41, 5.74) is 0. The predicted octanol–water partition coefficient (Wildman–Crippen LogP) is 0.210. The Hall–Kier alpha value is -1.09. The number of aromatic nitrogens is 1. The molecule has 0 amide bonds. The van der Waals surface area contributed by atoms with E-state index in [1.807, 2.05) is 0 Å². The van der Waals surface area contributed by atoms with Gasteiger partial charge in [-0.3, -0.25) is 4.98 Å². The maximum atomic E-state index is 8.25. The lowest BCUT2D eigenvalue weighted by molar-refractivity contribution is 0.0979. The van der Waals surface area contributed by atoms with Crippen molar-refractivity contribution in [1.82, 2.24) is 4.98 Å². The first-order valence-corrected chi connectivity index (χ1v) is 2.50. The van der Waals surface area contributed by atoms with E-state index in [1.165, 1.54) is 0 Å². The van der Waals surface area contributed by atoms with Gasteiger partial charge in [-0.2, -0.15) is 0 Å². The maximum absolute atomic E-state index is 8.25. The normalized spacial score (nSPS) is 9.00. The number of hydrogen-bond donors (Lipinski definition) is 1. The number of nitrogens with zero attached hydrogens (tertiary/aromatic N) is 1. The molecule has 9 heavy (non-hydrogen) atoms. The number of aliphatic hydroxyl groups excluding tert-OH is 1. The molecule has 3 nitrogen and oxygen atoms in total. The largest absolute Gasteiger partial charge is 0.465 e. The van der Waals surface area contributed by atoms with Crippen LogP contribution in [0.5, 0.6) is 5.75 Å². The summed E-state index contributed by atoms with van der Waals surface area (Å²) in [5, 5.41) is 8.25. The molecule has 0 atom stereocenters. The second-order valence-electron chi connectivity index (χ2n) is 1.39. The second kappa shape index (κ2) is 3.04. The summed E-state index contributed by atoms with van der Waals surface area (Å²) in [6.07, 6.45) is 4.12. The molecule has 0 saturated heterocycles. The van der Waals surface area contributed by atoms with Crippen LogP contribution in [0.2, 0.25) is 0 Å². The number of aliphatic hydroxyl groups is 1. The summed E-state index contributed by atoms with van der Waals surface area (Å²) in [6.45, 7) is -0.331. The lowest BCUT2D eigenvalue weighted by Gasteiger charge is -1.96. The molecule has 0 bridgehead atoms. The highest BCUT2D eigenvalue weighted by Crippen LogP contribution is 2.03. The third kappa shape index (κ3) is 1.70. The predicted molar refractivity (Wildman–Crippen MR) is 30.8 cm³/mol. The molecule has 1 rings (SSSR count). The van der Waals surface area contributed by atoms with Crippen LogP contribution in [0.3, 0.4) is 0 Å².